The fraction of sp³-hybridized carbons (Fsp3) is 0.355. The Morgan fingerprint density at radius 3 is 2.17 bits per heavy atom. The molecule has 1 aliphatic rings. The second-order valence-electron chi connectivity index (χ2n) is 11.2. The van der Waals surface area contributed by atoms with Crippen molar-refractivity contribution in [1.29, 1.82) is 0 Å². The number of aromatic hydroxyl groups is 1. The van der Waals surface area contributed by atoms with Crippen molar-refractivity contribution in [2.45, 2.75) is 45.0 Å². The Balaban J connectivity index is 1.52. The molecule has 0 spiro atoms. The summed E-state index contributed by atoms with van der Waals surface area (Å²) in [7, 11) is 0. The lowest BCUT2D eigenvalue weighted by molar-refractivity contribution is -0.153. The van der Waals surface area contributed by atoms with Gasteiger partial charge in [0.25, 0.3) is 5.56 Å². The Hall–Kier alpha value is -4.57. The Kier molecular flexibility index (Phi) is 9.28. The van der Waals surface area contributed by atoms with Crippen LogP contribution >= 0.6 is 0 Å². The van der Waals surface area contributed by atoms with Crippen molar-refractivity contribution in [3.05, 3.63) is 115 Å². The van der Waals surface area contributed by atoms with Crippen LogP contribution in [0.15, 0.2) is 68.6 Å². The first-order valence-corrected chi connectivity index (χ1v) is 14.4. The summed E-state index contributed by atoms with van der Waals surface area (Å²) in [4.78, 5) is 31.1. The number of phenolic OH excluding ortho intramolecular Hbond substituents is 1. The summed E-state index contributed by atoms with van der Waals surface area (Å²) in [5.41, 5.74) is 2.54. The number of nitrogens with two attached hydrogens (primary N) is 1. The molecular formula is C31H30F7N5O4. The number of rotatable bonds is 8. The first-order chi connectivity index (χ1) is 22.1. The minimum absolute atomic E-state index is 0.0157. The molecule has 252 valence electrons. The zero-order valence-electron chi connectivity index (χ0n) is 24.9. The Labute approximate surface area is 262 Å². The fourth-order valence-electron chi connectivity index (χ4n) is 5.70. The van der Waals surface area contributed by atoms with Crippen molar-refractivity contribution in [2.75, 3.05) is 31.1 Å². The van der Waals surface area contributed by atoms with E-state index in [0.717, 1.165) is 27.3 Å². The van der Waals surface area contributed by atoms with Gasteiger partial charge in [0.15, 0.2) is 0 Å². The number of furan rings is 1. The van der Waals surface area contributed by atoms with E-state index in [9.17, 15) is 45.4 Å². The number of anilines is 1. The van der Waals surface area contributed by atoms with E-state index in [1.54, 1.807) is 21.9 Å². The highest BCUT2D eigenvalue weighted by molar-refractivity contribution is 5.50. The third-order valence-corrected chi connectivity index (χ3v) is 8.12. The summed E-state index contributed by atoms with van der Waals surface area (Å²) in [6, 6.07) is 9.38. The number of aromatic nitrogens is 2. The molecule has 2 aromatic carbocycles. The van der Waals surface area contributed by atoms with E-state index < -0.39 is 65.4 Å². The second kappa shape index (κ2) is 12.9. The highest BCUT2D eigenvalue weighted by Crippen LogP contribution is 2.34. The van der Waals surface area contributed by atoms with Crippen LogP contribution in [0.1, 0.15) is 39.9 Å². The lowest BCUT2D eigenvalue weighted by Crippen LogP contribution is -2.51. The molecule has 0 bridgehead atoms. The summed E-state index contributed by atoms with van der Waals surface area (Å²) in [5.74, 6) is -2.44. The molecule has 4 aromatic rings. The van der Waals surface area contributed by atoms with Gasteiger partial charge < -0.3 is 20.2 Å². The van der Waals surface area contributed by atoms with Crippen molar-refractivity contribution < 1.29 is 40.3 Å². The smallest absolute Gasteiger partial charge is 0.449 e. The number of nitrogens with zero attached hydrogens (tertiary/aromatic N) is 4. The molecule has 0 unspecified atom stereocenters. The van der Waals surface area contributed by atoms with Crippen LogP contribution in [0, 0.1) is 12.7 Å². The van der Waals surface area contributed by atoms with Crippen LogP contribution in [0.2, 0.25) is 0 Å². The van der Waals surface area contributed by atoms with Gasteiger partial charge in [-0.15, -0.1) is 0 Å². The summed E-state index contributed by atoms with van der Waals surface area (Å²) in [6.45, 7) is 0.909. The van der Waals surface area contributed by atoms with Gasteiger partial charge >= 0.3 is 18.0 Å². The highest BCUT2D eigenvalue weighted by Gasteiger charge is 2.36. The molecule has 0 radical (unpaired) electrons. The fourth-order valence-corrected chi connectivity index (χ4v) is 5.70. The maximum absolute atomic E-state index is 14.9. The molecule has 1 atom stereocenters. The summed E-state index contributed by atoms with van der Waals surface area (Å²) in [5, 5.41) is 10.3. The summed E-state index contributed by atoms with van der Waals surface area (Å²) < 4.78 is 102. The maximum atomic E-state index is 14.9. The van der Waals surface area contributed by atoms with E-state index in [-0.39, 0.29) is 61.2 Å². The first-order valence-electron chi connectivity index (χ1n) is 14.4. The largest absolute Gasteiger partial charge is 0.508 e. The van der Waals surface area contributed by atoms with Gasteiger partial charge in [-0.05, 0) is 37.3 Å². The van der Waals surface area contributed by atoms with Gasteiger partial charge in [-0.3, -0.25) is 18.8 Å². The number of para-hydroxylation sites is 1. The number of alkyl halides is 6. The number of benzene rings is 2. The molecule has 47 heavy (non-hydrogen) atoms. The van der Waals surface area contributed by atoms with Crippen LogP contribution in [-0.4, -0.2) is 45.3 Å². The van der Waals surface area contributed by atoms with E-state index in [2.05, 4.69) is 0 Å². The van der Waals surface area contributed by atoms with Gasteiger partial charge in [-0.25, -0.2) is 9.18 Å². The number of halogens is 7. The number of phenols is 1. The van der Waals surface area contributed by atoms with Gasteiger partial charge in [-0.2, -0.15) is 26.3 Å². The lowest BCUT2D eigenvalue weighted by atomic mass is 10.1. The molecule has 5 rings (SSSR count). The molecule has 2 aromatic heterocycles. The minimum atomic E-state index is -4.94. The Morgan fingerprint density at radius 1 is 0.872 bits per heavy atom. The number of hydrogen-bond donors (Lipinski definition) is 2. The van der Waals surface area contributed by atoms with Crippen molar-refractivity contribution in [1.82, 2.24) is 14.0 Å². The van der Waals surface area contributed by atoms with Gasteiger partial charge in [0.05, 0.1) is 31.2 Å². The second-order valence-corrected chi connectivity index (χ2v) is 11.2. The quantitative estimate of drug-likeness (QED) is 0.258. The Morgan fingerprint density at radius 2 is 1.55 bits per heavy atom. The Bertz CT molecular complexity index is 1870. The van der Waals surface area contributed by atoms with Crippen LogP contribution in [-0.2, 0) is 32.0 Å². The summed E-state index contributed by atoms with van der Waals surface area (Å²) >= 11 is 0. The summed E-state index contributed by atoms with van der Waals surface area (Å²) in [6.07, 6.45) is -9.58. The van der Waals surface area contributed by atoms with Crippen molar-refractivity contribution in [3.8, 4) is 5.75 Å². The van der Waals surface area contributed by atoms with Crippen LogP contribution in [0.4, 0.5) is 36.4 Å². The zero-order chi connectivity index (χ0) is 34.3. The van der Waals surface area contributed by atoms with Crippen molar-refractivity contribution >= 4 is 5.69 Å². The lowest BCUT2D eigenvalue weighted by Gasteiger charge is -2.36. The van der Waals surface area contributed by atoms with Gasteiger partial charge in [0.2, 0.25) is 5.76 Å². The van der Waals surface area contributed by atoms with Crippen LogP contribution in [0.3, 0.4) is 0 Å². The van der Waals surface area contributed by atoms with Crippen molar-refractivity contribution in [2.24, 2.45) is 5.73 Å². The molecule has 1 saturated heterocycles. The van der Waals surface area contributed by atoms with Crippen LogP contribution < -0.4 is 21.9 Å². The molecule has 0 aliphatic carbocycles. The van der Waals surface area contributed by atoms with Crippen LogP contribution in [0.25, 0.3) is 0 Å². The van der Waals surface area contributed by atoms with E-state index in [1.165, 1.54) is 25.1 Å². The normalized spacial score (nSPS) is 15.3. The zero-order valence-corrected chi connectivity index (χ0v) is 24.9. The highest BCUT2D eigenvalue weighted by atomic mass is 19.4. The molecule has 3 heterocycles. The molecule has 1 aliphatic heterocycles. The van der Waals surface area contributed by atoms with E-state index in [0.29, 0.717) is 6.07 Å². The molecule has 1 fully saturated rings. The van der Waals surface area contributed by atoms with Gasteiger partial charge in [0.1, 0.15) is 23.0 Å². The average molecular weight is 670 g/mol. The predicted octanol–water partition coefficient (Wildman–Crippen LogP) is 4.86. The maximum Gasteiger partial charge on any atom is 0.449 e. The molecular weight excluding hydrogens is 639 g/mol. The monoisotopic (exact) mass is 669 g/mol. The first kappa shape index (κ1) is 33.8. The third-order valence-electron chi connectivity index (χ3n) is 8.12. The van der Waals surface area contributed by atoms with E-state index in [4.69, 9.17) is 10.2 Å². The molecule has 9 nitrogen and oxygen atoms in total. The average Bonchev–Trinajstić information content (AvgIpc) is 3.48. The topological polar surface area (TPSA) is 110 Å². The van der Waals surface area contributed by atoms with Crippen molar-refractivity contribution in [3.63, 3.8) is 0 Å². The SMILES string of the molecule is Cc1c(N2CCN(Cc3ccc(C(F)(F)F)o3)CC2)c(=O)n(C[C@H](N)c2ccccc2O)c(=O)n1Cc1c(F)cccc1C(F)(F)F. The van der Waals surface area contributed by atoms with E-state index in [1.807, 2.05) is 0 Å². The predicted molar refractivity (Wildman–Crippen MR) is 156 cm³/mol. The van der Waals surface area contributed by atoms with Crippen LogP contribution in [0.5, 0.6) is 5.75 Å². The standard InChI is InChI=1S/C31H30F7N5O4/c1-18-27(41-13-11-40(12-14-41)15-19-9-10-26(47-19)31(36,37)38)28(45)43(17-24(39)20-5-2-3-8-25(20)44)29(46)42(18)16-21-22(30(33,34)35)6-4-7-23(21)32/h2-10,24,44H,11-17,39H2,1H3/t24-/m0/s1. The third kappa shape index (κ3) is 7.07. The molecule has 3 N–H and O–H groups in total. The van der Waals surface area contributed by atoms with E-state index >= 15 is 0 Å². The number of piperazine rings is 1. The molecule has 0 amide bonds. The minimum Gasteiger partial charge on any atom is -0.508 e. The van der Waals surface area contributed by atoms with Gasteiger partial charge in [-0.1, -0.05) is 24.3 Å². The number of hydrogen-bond acceptors (Lipinski definition) is 7. The van der Waals surface area contributed by atoms with Gasteiger partial charge in [0, 0.05) is 43.0 Å². The molecule has 16 heteroatoms. The molecule has 0 saturated carbocycles.